The van der Waals surface area contributed by atoms with Crippen LogP contribution in [0.15, 0.2) is 67.0 Å². The predicted octanol–water partition coefficient (Wildman–Crippen LogP) is 3.71. The second-order valence-electron chi connectivity index (χ2n) is 6.07. The van der Waals surface area contributed by atoms with E-state index in [1.165, 1.54) is 0 Å². The molecule has 0 amide bonds. The maximum absolute atomic E-state index is 5.71. The molecule has 3 heterocycles. The summed E-state index contributed by atoms with van der Waals surface area (Å²) in [6.07, 6.45) is 3.35. The van der Waals surface area contributed by atoms with E-state index in [9.17, 15) is 0 Å². The molecule has 0 radical (unpaired) electrons. The van der Waals surface area contributed by atoms with E-state index in [0.717, 1.165) is 17.1 Å². The molecule has 0 atom stereocenters. The highest BCUT2D eigenvalue weighted by Gasteiger charge is 2.06. The van der Waals surface area contributed by atoms with Crippen molar-refractivity contribution >= 4 is 29.0 Å². The molecule has 0 spiro atoms. The zero-order valence-electron chi connectivity index (χ0n) is 15.2. The van der Waals surface area contributed by atoms with Crippen LogP contribution in [0.25, 0.3) is 11.5 Å². The van der Waals surface area contributed by atoms with E-state index in [4.69, 9.17) is 5.73 Å². The van der Waals surface area contributed by atoms with Gasteiger partial charge < -0.3 is 16.4 Å². The standard InChI is InChI=1S/C20H18N8/c1-13-3-2-4-16(24-13)19-22-11-9-17(27-19)26-18-10-12-23-20(28-18)25-15-7-5-14(21)6-8-15/h2-12H,21H2,1H3,(H2,22,23,25,26,27,28). The summed E-state index contributed by atoms with van der Waals surface area (Å²) in [5.74, 6) is 2.23. The van der Waals surface area contributed by atoms with Gasteiger partial charge in [-0.2, -0.15) is 4.98 Å². The van der Waals surface area contributed by atoms with E-state index in [0.29, 0.717) is 29.1 Å². The summed E-state index contributed by atoms with van der Waals surface area (Å²) in [7, 11) is 0. The van der Waals surface area contributed by atoms with Crippen LogP contribution in [0.2, 0.25) is 0 Å². The number of hydrogen-bond donors (Lipinski definition) is 3. The van der Waals surface area contributed by atoms with E-state index in [1.54, 1.807) is 24.5 Å². The molecule has 4 aromatic rings. The molecule has 0 aliphatic heterocycles. The van der Waals surface area contributed by atoms with Crippen molar-refractivity contribution in [3.8, 4) is 11.5 Å². The molecule has 0 aliphatic rings. The number of anilines is 5. The Morgan fingerprint density at radius 1 is 0.750 bits per heavy atom. The SMILES string of the molecule is Cc1cccc(-c2nccc(Nc3ccnc(Nc4ccc(N)cc4)n3)n2)n1. The molecule has 0 fully saturated rings. The third-order valence-corrected chi connectivity index (χ3v) is 3.85. The van der Waals surface area contributed by atoms with Crippen molar-refractivity contribution < 1.29 is 0 Å². The molecule has 4 rings (SSSR count). The summed E-state index contributed by atoms with van der Waals surface area (Å²) in [6, 6.07) is 16.6. The summed E-state index contributed by atoms with van der Waals surface area (Å²) >= 11 is 0. The van der Waals surface area contributed by atoms with Gasteiger partial charge in [-0.05, 0) is 55.5 Å². The van der Waals surface area contributed by atoms with Gasteiger partial charge in [-0.15, -0.1) is 0 Å². The minimum atomic E-state index is 0.462. The molecular weight excluding hydrogens is 352 g/mol. The van der Waals surface area contributed by atoms with Crippen LogP contribution in [0, 0.1) is 6.92 Å². The van der Waals surface area contributed by atoms with Gasteiger partial charge in [-0.1, -0.05) is 6.07 Å². The van der Waals surface area contributed by atoms with Crippen LogP contribution in [0.1, 0.15) is 5.69 Å². The van der Waals surface area contributed by atoms with Crippen LogP contribution in [0.5, 0.6) is 0 Å². The Hall–Kier alpha value is -4.07. The molecule has 1 aromatic carbocycles. The number of nitrogens with zero attached hydrogens (tertiary/aromatic N) is 5. The molecule has 0 aliphatic carbocycles. The van der Waals surface area contributed by atoms with E-state index >= 15 is 0 Å². The Labute approximate surface area is 162 Å². The average molecular weight is 370 g/mol. The topological polar surface area (TPSA) is 115 Å². The van der Waals surface area contributed by atoms with Crippen molar-refractivity contribution in [1.29, 1.82) is 0 Å². The monoisotopic (exact) mass is 370 g/mol. The number of aryl methyl sites for hydroxylation is 1. The number of nitrogens with two attached hydrogens (primary N) is 1. The van der Waals surface area contributed by atoms with Gasteiger partial charge in [0.05, 0.1) is 0 Å². The minimum absolute atomic E-state index is 0.462. The highest BCUT2D eigenvalue weighted by molar-refractivity contribution is 5.60. The van der Waals surface area contributed by atoms with Crippen molar-refractivity contribution in [3.63, 3.8) is 0 Å². The number of pyridine rings is 1. The minimum Gasteiger partial charge on any atom is -0.399 e. The van der Waals surface area contributed by atoms with E-state index < -0.39 is 0 Å². The van der Waals surface area contributed by atoms with Gasteiger partial charge in [-0.3, -0.25) is 0 Å². The van der Waals surface area contributed by atoms with Gasteiger partial charge in [0, 0.05) is 29.5 Å². The number of nitrogens with one attached hydrogen (secondary N) is 2. The molecule has 28 heavy (non-hydrogen) atoms. The van der Waals surface area contributed by atoms with Crippen LogP contribution >= 0.6 is 0 Å². The van der Waals surface area contributed by atoms with E-state index in [2.05, 4.69) is 35.6 Å². The Balaban J connectivity index is 1.53. The fraction of sp³-hybridized carbons (Fsp3) is 0.0500. The fourth-order valence-electron chi connectivity index (χ4n) is 2.53. The maximum Gasteiger partial charge on any atom is 0.229 e. The van der Waals surface area contributed by atoms with Gasteiger partial charge >= 0.3 is 0 Å². The summed E-state index contributed by atoms with van der Waals surface area (Å²) < 4.78 is 0. The van der Waals surface area contributed by atoms with Crippen molar-refractivity contribution in [1.82, 2.24) is 24.9 Å². The lowest BCUT2D eigenvalue weighted by Crippen LogP contribution is -2.02. The number of hydrogen-bond acceptors (Lipinski definition) is 8. The van der Waals surface area contributed by atoms with Crippen LogP contribution < -0.4 is 16.4 Å². The first kappa shape index (κ1) is 17.3. The molecule has 8 heteroatoms. The summed E-state index contributed by atoms with van der Waals surface area (Å²) in [5, 5.41) is 6.31. The molecule has 8 nitrogen and oxygen atoms in total. The average Bonchev–Trinajstić information content (AvgIpc) is 2.70. The lowest BCUT2D eigenvalue weighted by atomic mass is 10.3. The number of benzene rings is 1. The van der Waals surface area contributed by atoms with Crippen molar-refractivity contribution in [2.45, 2.75) is 6.92 Å². The molecule has 138 valence electrons. The summed E-state index contributed by atoms with van der Waals surface area (Å²) in [4.78, 5) is 22.0. The Bertz CT molecular complexity index is 1100. The lowest BCUT2D eigenvalue weighted by Gasteiger charge is -2.09. The van der Waals surface area contributed by atoms with Crippen molar-refractivity contribution in [2.24, 2.45) is 0 Å². The Kier molecular flexibility index (Phi) is 4.75. The zero-order valence-corrected chi connectivity index (χ0v) is 15.2. The highest BCUT2D eigenvalue weighted by atomic mass is 15.2. The number of rotatable bonds is 5. The van der Waals surface area contributed by atoms with Gasteiger partial charge in [0.2, 0.25) is 5.95 Å². The molecule has 0 bridgehead atoms. The first-order chi connectivity index (χ1) is 13.7. The van der Waals surface area contributed by atoms with Crippen molar-refractivity contribution in [3.05, 3.63) is 72.7 Å². The molecule has 0 saturated carbocycles. The van der Waals surface area contributed by atoms with Crippen LogP contribution in [-0.2, 0) is 0 Å². The molecule has 0 unspecified atom stereocenters. The van der Waals surface area contributed by atoms with Gasteiger partial charge in [0.15, 0.2) is 5.82 Å². The van der Waals surface area contributed by atoms with Crippen LogP contribution in [0.3, 0.4) is 0 Å². The Morgan fingerprint density at radius 3 is 2.29 bits per heavy atom. The van der Waals surface area contributed by atoms with Crippen LogP contribution in [0.4, 0.5) is 29.0 Å². The zero-order chi connectivity index (χ0) is 19.3. The predicted molar refractivity (Wildman–Crippen MR) is 109 cm³/mol. The summed E-state index contributed by atoms with van der Waals surface area (Å²) in [5.41, 5.74) is 8.88. The first-order valence-corrected chi connectivity index (χ1v) is 8.65. The third-order valence-electron chi connectivity index (χ3n) is 3.85. The van der Waals surface area contributed by atoms with Crippen LogP contribution in [-0.4, -0.2) is 24.9 Å². The molecule has 3 aromatic heterocycles. The third kappa shape index (κ3) is 4.18. The van der Waals surface area contributed by atoms with E-state index in [-0.39, 0.29) is 0 Å². The largest absolute Gasteiger partial charge is 0.399 e. The van der Waals surface area contributed by atoms with E-state index in [1.807, 2.05) is 49.4 Å². The normalized spacial score (nSPS) is 10.5. The first-order valence-electron chi connectivity index (χ1n) is 8.65. The van der Waals surface area contributed by atoms with Crippen molar-refractivity contribution in [2.75, 3.05) is 16.4 Å². The molecule has 4 N–H and O–H groups in total. The van der Waals surface area contributed by atoms with Gasteiger partial charge in [0.1, 0.15) is 17.3 Å². The maximum atomic E-state index is 5.71. The Morgan fingerprint density at radius 2 is 1.50 bits per heavy atom. The fourth-order valence-corrected chi connectivity index (χ4v) is 2.53. The number of aromatic nitrogens is 5. The second kappa shape index (κ2) is 7.67. The second-order valence-corrected chi connectivity index (χ2v) is 6.07. The molecule has 0 saturated heterocycles. The number of nitrogen functional groups attached to an aromatic ring is 1. The lowest BCUT2D eigenvalue weighted by molar-refractivity contribution is 1.11. The quantitative estimate of drug-likeness (QED) is 0.456. The van der Waals surface area contributed by atoms with Gasteiger partial charge in [0.25, 0.3) is 0 Å². The summed E-state index contributed by atoms with van der Waals surface area (Å²) in [6.45, 7) is 1.93. The van der Waals surface area contributed by atoms with Gasteiger partial charge in [-0.25, -0.2) is 19.9 Å². The molecular formula is C20H18N8. The highest BCUT2D eigenvalue weighted by Crippen LogP contribution is 2.19. The smallest absolute Gasteiger partial charge is 0.229 e.